The topological polar surface area (TPSA) is 100 Å². The van der Waals surface area contributed by atoms with Crippen LogP contribution < -0.4 is 20.5 Å². The van der Waals surface area contributed by atoms with Gasteiger partial charge in [-0.3, -0.25) is 14.7 Å². The van der Waals surface area contributed by atoms with Crippen LogP contribution in [0.15, 0.2) is 102 Å². The van der Waals surface area contributed by atoms with Crippen LogP contribution in [0.5, 0.6) is 5.75 Å². The second-order valence-corrected chi connectivity index (χ2v) is 12.3. The molecule has 236 valence electrons. The molecule has 0 saturated carbocycles. The van der Waals surface area contributed by atoms with Crippen molar-refractivity contribution in [3.63, 3.8) is 0 Å². The van der Waals surface area contributed by atoms with E-state index in [1.807, 2.05) is 56.3 Å². The summed E-state index contributed by atoms with van der Waals surface area (Å²) in [5, 5.41) is 3.97. The molecular weight excluding hydrogens is 574 g/mol. The van der Waals surface area contributed by atoms with Gasteiger partial charge in [-0.15, -0.1) is 0 Å². The molecule has 0 radical (unpaired) electrons. The molecule has 2 aromatic carbocycles. The Balaban J connectivity index is 1.52. The van der Waals surface area contributed by atoms with Crippen LogP contribution in [0, 0.1) is 0 Å². The quantitative estimate of drug-likeness (QED) is 0.153. The standard InChI is InChI=1S/C38H41N5O3/c1-24(2)14-17-43(34-21-29-12-9-16-40-36(29)42-37(34)44)38(45)41-35-32(25(3)4)19-30(20-33(35)26(5)6)28-11-7-13-31(18-28)46-23-27-10-8-15-39-22-27/h7-16,18-22,25-26H,17,23H2,1-6H3,(H,41,45)(H,40,42,44). The number of nitrogens with zero attached hydrogens (tertiary/aromatic N) is 3. The third kappa shape index (κ3) is 7.51. The first-order chi connectivity index (χ1) is 22.1. The highest BCUT2D eigenvalue weighted by atomic mass is 16.5. The molecule has 46 heavy (non-hydrogen) atoms. The van der Waals surface area contributed by atoms with Crippen molar-refractivity contribution in [1.82, 2.24) is 15.0 Å². The van der Waals surface area contributed by atoms with Crippen LogP contribution in [0.25, 0.3) is 22.2 Å². The molecule has 0 unspecified atom stereocenters. The van der Waals surface area contributed by atoms with Crippen LogP contribution in [0.3, 0.4) is 0 Å². The molecule has 8 heteroatoms. The molecule has 3 aromatic heterocycles. The predicted octanol–water partition coefficient (Wildman–Crippen LogP) is 8.82. The molecule has 0 atom stereocenters. The van der Waals surface area contributed by atoms with Gasteiger partial charge in [0.15, 0.2) is 0 Å². The number of hydrogen-bond donors (Lipinski definition) is 2. The Morgan fingerprint density at radius 3 is 2.35 bits per heavy atom. The van der Waals surface area contributed by atoms with Crippen molar-refractivity contribution in [3.8, 4) is 16.9 Å². The number of benzene rings is 2. The minimum absolute atomic E-state index is 0.110. The lowest BCUT2D eigenvalue weighted by Gasteiger charge is -2.26. The number of amides is 2. The van der Waals surface area contributed by atoms with Crippen LogP contribution >= 0.6 is 0 Å². The largest absolute Gasteiger partial charge is 0.489 e. The van der Waals surface area contributed by atoms with E-state index in [0.717, 1.165) is 50.2 Å². The van der Waals surface area contributed by atoms with Crippen LogP contribution in [0.1, 0.15) is 70.1 Å². The van der Waals surface area contributed by atoms with Gasteiger partial charge in [-0.25, -0.2) is 9.78 Å². The number of pyridine rings is 3. The first-order valence-electron chi connectivity index (χ1n) is 15.6. The summed E-state index contributed by atoms with van der Waals surface area (Å²) < 4.78 is 6.09. The molecule has 0 aliphatic rings. The summed E-state index contributed by atoms with van der Waals surface area (Å²) in [5.74, 6) is 0.986. The van der Waals surface area contributed by atoms with E-state index >= 15 is 0 Å². The summed E-state index contributed by atoms with van der Waals surface area (Å²) in [5.41, 5.74) is 7.24. The van der Waals surface area contributed by atoms with Gasteiger partial charge < -0.3 is 15.0 Å². The molecule has 0 fully saturated rings. The summed E-state index contributed by atoms with van der Waals surface area (Å²) in [7, 11) is 0. The lowest BCUT2D eigenvalue weighted by atomic mass is 9.88. The number of aromatic amines is 1. The summed E-state index contributed by atoms with van der Waals surface area (Å²) in [4.78, 5) is 40.1. The molecule has 0 aliphatic carbocycles. The van der Waals surface area contributed by atoms with E-state index in [2.05, 4.69) is 66.2 Å². The average molecular weight is 616 g/mol. The van der Waals surface area contributed by atoms with Crippen LogP contribution in [0.2, 0.25) is 0 Å². The zero-order chi connectivity index (χ0) is 32.8. The molecule has 2 amide bonds. The molecule has 0 aliphatic heterocycles. The maximum Gasteiger partial charge on any atom is 0.326 e. The zero-order valence-corrected chi connectivity index (χ0v) is 27.3. The lowest BCUT2D eigenvalue weighted by Crippen LogP contribution is -2.39. The summed E-state index contributed by atoms with van der Waals surface area (Å²) in [6.45, 7) is 13.1. The SMILES string of the molecule is CC(C)=CCN(C(=O)Nc1c(C(C)C)cc(-c2cccc(OCc3cccnc3)c2)cc1C(C)C)c1cc2cccnc2[nH]c1=O. The lowest BCUT2D eigenvalue weighted by molar-refractivity contribution is 0.257. The summed E-state index contributed by atoms with van der Waals surface area (Å²) >= 11 is 0. The number of aromatic nitrogens is 3. The fourth-order valence-electron chi connectivity index (χ4n) is 5.29. The number of fused-ring (bicyclic) bond motifs is 1. The van der Waals surface area contributed by atoms with Crippen molar-refractivity contribution in [3.05, 3.63) is 124 Å². The molecule has 0 spiro atoms. The van der Waals surface area contributed by atoms with Gasteiger partial charge in [0.25, 0.3) is 5.56 Å². The van der Waals surface area contributed by atoms with Gasteiger partial charge in [-0.1, -0.05) is 57.5 Å². The first kappa shape index (κ1) is 32.2. The molecular formula is C38H41N5O3. The number of anilines is 2. The highest BCUT2D eigenvalue weighted by Gasteiger charge is 2.24. The van der Waals surface area contributed by atoms with Crippen molar-refractivity contribution in [2.75, 3.05) is 16.8 Å². The number of H-pyrrole nitrogens is 1. The molecule has 0 saturated heterocycles. The van der Waals surface area contributed by atoms with E-state index in [1.165, 1.54) is 4.90 Å². The molecule has 5 rings (SSSR count). The fraction of sp³-hybridized carbons (Fsp3) is 0.263. The second-order valence-electron chi connectivity index (χ2n) is 12.3. The third-order valence-corrected chi connectivity index (χ3v) is 7.78. The number of carbonyl (C=O) groups is 1. The van der Waals surface area contributed by atoms with Crippen molar-refractivity contribution in [2.45, 2.75) is 60.0 Å². The Kier molecular flexibility index (Phi) is 9.96. The monoisotopic (exact) mass is 615 g/mol. The summed E-state index contributed by atoms with van der Waals surface area (Å²) in [6, 6.07) is 21.2. The van der Waals surface area contributed by atoms with Crippen molar-refractivity contribution in [1.29, 1.82) is 0 Å². The number of rotatable bonds is 10. The number of hydrogen-bond acceptors (Lipinski definition) is 5. The molecule has 3 heterocycles. The highest BCUT2D eigenvalue weighted by molar-refractivity contribution is 6.04. The van der Waals surface area contributed by atoms with Gasteiger partial charge in [0.2, 0.25) is 0 Å². The normalized spacial score (nSPS) is 11.1. The summed E-state index contributed by atoms with van der Waals surface area (Å²) in [6.07, 6.45) is 7.11. The van der Waals surface area contributed by atoms with E-state index in [1.54, 1.807) is 30.7 Å². The number of carbonyl (C=O) groups excluding carboxylic acids is 1. The molecule has 0 bridgehead atoms. The van der Waals surface area contributed by atoms with Crippen molar-refractivity contribution in [2.24, 2.45) is 0 Å². The van der Waals surface area contributed by atoms with Gasteiger partial charge >= 0.3 is 6.03 Å². The van der Waals surface area contributed by atoms with E-state index in [9.17, 15) is 9.59 Å². The Labute approximate surface area is 270 Å². The maximum atomic E-state index is 14.1. The van der Waals surface area contributed by atoms with E-state index in [0.29, 0.717) is 12.3 Å². The molecule has 8 nitrogen and oxygen atoms in total. The predicted molar refractivity (Wildman–Crippen MR) is 187 cm³/mol. The Morgan fingerprint density at radius 2 is 1.67 bits per heavy atom. The number of ether oxygens (including phenoxy) is 1. The number of allylic oxidation sites excluding steroid dienone is 1. The minimum atomic E-state index is -0.381. The van der Waals surface area contributed by atoms with Gasteiger partial charge in [0.05, 0.1) is 0 Å². The molecule has 2 N–H and O–H groups in total. The maximum absolute atomic E-state index is 14.1. The van der Waals surface area contributed by atoms with Crippen LogP contribution in [0.4, 0.5) is 16.2 Å². The van der Waals surface area contributed by atoms with Gasteiger partial charge in [0.1, 0.15) is 23.7 Å². The number of nitrogens with one attached hydrogen (secondary N) is 2. The van der Waals surface area contributed by atoms with Crippen LogP contribution in [-0.2, 0) is 6.61 Å². The van der Waals surface area contributed by atoms with E-state index < -0.39 is 0 Å². The van der Waals surface area contributed by atoms with E-state index in [-0.39, 0.29) is 35.7 Å². The average Bonchev–Trinajstić information content (AvgIpc) is 3.04. The third-order valence-electron chi connectivity index (χ3n) is 7.78. The van der Waals surface area contributed by atoms with E-state index in [4.69, 9.17) is 4.74 Å². The minimum Gasteiger partial charge on any atom is -0.489 e. The smallest absolute Gasteiger partial charge is 0.326 e. The Bertz CT molecular complexity index is 1900. The molecule has 5 aromatic rings. The van der Waals surface area contributed by atoms with Gasteiger partial charge in [0, 0.05) is 41.8 Å². The second kappa shape index (κ2) is 14.2. The van der Waals surface area contributed by atoms with Crippen LogP contribution in [-0.4, -0.2) is 27.5 Å². The Hall–Kier alpha value is -5.24. The fourth-order valence-corrected chi connectivity index (χ4v) is 5.29. The number of urea groups is 1. The van der Waals surface area contributed by atoms with Gasteiger partial charge in [-0.05, 0) is 96.5 Å². The van der Waals surface area contributed by atoms with Gasteiger partial charge in [-0.2, -0.15) is 0 Å². The first-order valence-corrected chi connectivity index (χ1v) is 15.6. The zero-order valence-electron chi connectivity index (χ0n) is 27.3. The Morgan fingerprint density at radius 1 is 0.935 bits per heavy atom. The van der Waals surface area contributed by atoms with Crippen molar-refractivity contribution >= 4 is 28.4 Å². The highest BCUT2D eigenvalue weighted by Crippen LogP contribution is 2.38. The van der Waals surface area contributed by atoms with Crippen molar-refractivity contribution < 1.29 is 9.53 Å².